The number of nitrogens with one attached hydrogen (secondary N) is 1. The van der Waals surface area contributed by atoms with Crippen LogP contribution in [0.5, 0.6) is 0 Å². The number of carbonyl (C=O) groups is 1. The maximum Gasteiger partial charge on any atom is 0.242 e. The smallest absolute Gasteiger partial charge is 0.242 e. The summed E-state index contributed by atoms with van der Waals surface area (Å²) in [6.07, 6.45) is 1.46. The van der Waals surface area contributed by atoms with Crippen molar-refractivity contribution in [2.45, 2.75) is 38.0 Å². The Balaban J connectivity index is 2.42. The van der Waals surface area contributed by atoms with Gasteiger partial charge in [-0.1, -0.05) is 19.4 Å². The zero-order valence-corrected chi connectivity index (χ0v) is 14.7. The van der Waals surface area contributed by atoms with Crippen molar-refractivity contribution < 1.29 is 21.6 Å². The second-order valence-corrected chi connectivity index (χ2v) is 9.10. The summed E-state index contributed by atoms with van der Waals surface area (Å²) in [4.78, 5) is 11.8. The molecule has 0 aromatic heterocycles. The van der Waals surface area contributed by atoms with E-state index in [9.17, 15) is 21.6 Å². The lowest BCUT2D eigenvalue weighted by Crippen LogP contribution is -2.30. The lowest BCUT2D eigenvalue weighted by atomic mass is 10.2. The average Bonchev–Trinajstić information content (AvgIpc) is 2.73. The lowest BCUT2D eigenvalue weighted by molar-refractivity contribution is -0.116. The molecular weight excluding hydrogens is 340 g/mol. The average molecular weight is 360 g/mol. The molecule has 0 atom stereocenters. The van der Waals surface area contributed by atoms with Gasteiger partial charge in [0.1, 0.15) is 0 Å². The highest BCUT2D eigenvalue weighted by molar-refractivity contribution is 7.94. The van der Waals surface area contributed by atoms with E-state index < -0.39 is 26.0 Å². The molecule has 0 radical (unpaired) electrons. The molecular formula is C14H20N2O5S2. The Bertz CT molecular complexity index is 816. The minimum Gasteiger partial charge on any atom is -0.273 e. The van der Waals surface area contributed by atoms with Gasteiger partial charge in [0.25, 0.3) is 0 Å². The number of sulfonamides is 2. The van der Waals surface area contributed by atoms with Crippen LogP contribution in [0, 0.1) is 6.92 Å². The molecule has 1 saturated heterocycles. The summed E-state index contributed by atoms with van der Waals surface area (Å²) in [5.41, 5.74) is 0.552. The fourth-order valence-electron chi connectivity index (χ4n) is 2.33. The van der Waals surface area contributed by atoms with Crippen LogP contribution < -0.4 is 9.03 Å². The molecule has 0 aliphatic carbocycles. The van der Waals surface area contributed by atoms with Gasteiger partial charge in [-0.15, -0.1) is 0 Å². The summed E-state index contributed by atoms with van der Waals surface area (Å²) in [6.45, 7) is 3.88. The number of rotatable bonds is 6. The van der Waals surface area contributed by atoms with E-state index in [-0.39, 0.29) is 22.8 Å². The van der Waals surface area contributed by atoms with E-state index >= 15 is 0 Å². The fraction of sp³-hybridized carbons (Fsp3) is 0.500. The van der Waals surface area contributed by atoms with Crippen molar-refractivity contribution in [2.24, 2.45) is 0 Å². The normalized spacial score (nSPS) is 17.7. The summed E-state index contributed by atoms with van der Waals surface area (Å²) < 4.78 is 51.9. The number of hydrogen-bond acceptors (Lipinski definition) is 5. The predicted octanol–water partition coefficient (Wildman–Crippen LogP) is 1.14. The molecule has 128 valence electrons. The first kappa shape index (κ1) is 17.9. The molecule has 1 N–H and O–H groups in total. The van der Waals surface area contributed by atoms with Crippen molar-refractivity contribution in [3.63, 3.8) is 0 Å². The summed E-state index contributed by atoms with van der Waals surface area (Å²) in [5, 5.41) is 0. The molecule has 7 nitrogen and oxygen atoms in total. The Labute approximate surface area is 136 Å². The maximum atomic E-state index is 12.4. The van der Waals surface area contributed by atoms with Crippen LogP contribution in [0.25, 0.3) is 0 Å². The van der Waals surface area contributed by atoms with Crippen molar-refractivity contribution in [2.75, 3.05) is 16.6 Å². The zero-order chi connectivity index (χ0) is 17.3. The van der Waals surface area contributed by atoms with Gasteiger partial charge in [0.05, 0.1) is 16.3 Å². The van der Waals surface area contributed by atoms with Gasteiger partial charge in [0, 0.05) is 13.0 Å². The maximum absolute atomic E-state index is 12.4. The second kappa shape index (κ2) is 6.58. The highest BCUT2D eigenvalue weighted by Gasteiger charge is 2.36. The predicted molar refractivity (Wildman–Crippen MR) is 87.2 cm³/mol. The largest absolute Gasteiger partial charge is 0.273 e. The first-order valence-electron chi connectivity index (χ1n) is 7.35. The molecule has 0 unspecified atom stereocenters. The Hall–Kier alpha value is -1.45. The molecule has 1 aromatic carbocycles. The van der Waals surface area contributed by atoms with Crippen molar-refractivity contribution in [3.05, 3.63) is 23.8 Å². The molecule has 0 bridgehead atoms. The third-order valence-corrected chi connectivity index (χ3v) is 6.89. The second-order valence-electron chi connectivity index (χ2n) is 5.43. The number of nitrogens with zero attached hydrogens (tertiary/aromatic N) is 1. The van der Waals surface area contributed by atoms with Gasteiger partial charge in [-0.25, -0.2) is 25.9 Å². The quantitative estimate of drug-likeness (QED) is 0.767. The van der Waals surface area contributed by atoms with Crippen LogP contribution in [0.4, 0.5) is 5.69 Å². The van der Waals surface area contributed by atoms with Gasteiger partial charge in [-0.05, 0) is 31.0 Å². The first-order valence-corrected chi connectivity index (χ1v) is 10.4. The molecule has 1 fully saturated rings. The summed E-state index contributed by atoms with van der Waals surface area (Å²) >= 11 is 0. The SMILES string of the molecule is CCCCNS(=O)(=O)c1cc(N2C(=O)CCS2(=O)=O)ccc1C. The number of amides is 1. The van der Waals surface area contributed by atoms with Gasteiger partial charge >= 0.3 is 0 Å². The van der Waals surface area contributed by atoms with Crippen LogP contribution in [0.1, 0.15) is 31.7 Å². The zero-order valence-electron chi connectivity index (χ0n) is 13.1. The van der Waals surface area contributed by atoms with Gasteiger partial charge < -0.3 is 0 Å². The number of benzene rings is 1. The van der Waals surface area contributed by atoms with E-state index in [2.05, 4.69) is 4.72 Å². The minimum atomic E-state index is -3.75. The lowest BCUT2D eigenvalue weighted by Gasteiger charge is -2.17. The Morgan fingerprint density at radius 3 is 2.57 bits per heavy atom. The van der Waals surface area contributed by atoms with E-state index in [4.69, 9.17) is 0 Å². The van der Waals surface area contributed by atoms with Crippen LogP contribution >= 0.6 is 0 Å². The molecule has 1 amide bonds. The molecule has 9 heteroatoms. The number of unbranched alkanes of at least 4 members (excludes halogenated alkanes) is 1. The molecule has 2 rings (SSSR count). The topological polar surface area (TPSA) is 101 Å². The molecule has 23 heavy (non-hydrogen) atoms. The van der Waals surface area contributed by atoms with Crippen molar-refractivity contribution in [3.8, 4) is 0 Å². The number of aryl methyl sites for hydroxylation is 1. The highest BCUT2D eigenvalue weighted by atomic mass is 32.2. The van der Waals surface area contributed by atoms with Crippen molar-refractivity contribution in [1.29, 1.82) is 0 Å². The van der Waals surface area contributed by atoms with E-state index in [0.29, 0.717) is 22.8 Å². The van der Waals surface area contributed by atoms with E-state index in [1.807, 2.05) is 6.92 Å². The first-order chi connectivity index (χ1) is 10.7. The Morgan fingerprint density at radius 1 is 1.30 bits per heavy atom. The number of carbonyl (C=O) groups excluding carboxylic acids is 1. The summed E-state index contributed by atoms with van der Waals surface area (Å²) in [7, 11) is -7.47. The van der Waals surface area contributed by atoms with E-state index in [1.165, 1.54) is 18.2 Å². The molecule has 0 saturated carbocycles. The van der Waals surface area contributed by atoms with Crippen LogP contribution in [0.2, 0.25) is 0 Å². The third-order valence-electron chi connectivity index (χ3n) is 3.60. The van der Waals surface area contributed by atoms with Gasteiger partial charge in [0.15, 0.2) is 0 Å². The van der Waals surface area contributed by atoms with Gasteiger partial charge in [0.2, 0.25) is 26.0 Å². The van der Waals surface area contributed by atoms with Gasteiger partial charge in [-0.2, -0.15) is 0 Å². The molecule has 1 heterocycles. The van der Waals surface area contributed by atoms with E-state index in [1.54, 1.807) is 6.92 Å². The molecule has 1 aliphatic rings. The van der Waals surface area contributed by atoms with Gasteiger partial charge in [-0.3, -0.25) is 4.79 Å². The third kappa shape index (κ3) is 3.73. The van der Waals surface area contributed by atoms with Crippen LogP contribution in [0.15, 0.2) is 23.1 Å². The van der Waals surface area contributed by atoms with E-state index in [0.717, 1.165) is 6.42 Å². The summed E-state index contributed by atoms with van der Waals surface area (Å²) in [5.74, 6) is -0.799. The Kier molecular flexibility index (Phi) is 5.12. The standard InChI is InChI=1S/C14H20N2O5S2/c1-3-4-8-15-23(20,21)13-10-12(6-5-11(13)2)16-14(17)7-9-22(16,18)19/h5-6,10,15H,3-4,7-9H2,1-2H3. The van der Waals surface area contributed by atoms with Crippen molar-refractivity contribution in [1.82, 2.24) is 4.72 Å². The van der Waals surface area contributed by atoms with Crippen molar-refractivity contribution >= 4 is 31.6 Å². The summed E-state index contributed by atoms with van der Waals surface area (Å²) in [6, 6.07) is 4.19. The number of anilines is 1. The molecule has 1 aliphatic heterocycles. The monoisotopic (exact) mass is 360 g/mol. The molecule has 1 aromatic rings. The van der Waals surface area contributed by atoms with Crippen LogP contribution in [-0.2, 0) is 24.8 Å². The highest BCUT2D eigenvalue weighted by Crippen LogP contribution is 2.28. The fourth-order valence-corrected chi connectivity index (χ4v) is 5.12. The van der Waals surface area contributed by atoms with Crippen LogP contribution in [-0.4, -0.2) is 35.0 Å². The minimum absolute atomic E-state index is 0.0130. The number of hydrogen-bond donors (Lipinski definition) is 1. The van der Waals surface area contributed by atoms with Crippen LogP contribution in [0.3, 0.4) is 0 Å². The Morgan fingerprint density at radius 2 is 2.00 bits per heavy atom. The molecule has 0 spiro atoms.